The zero-order valence-electron chi connectivity index (χ0n) is 38.6. The Bertz CT molecular complexity index is 1040. The topological polar surface area (TPSA) is 64.7 Å². The van der Waals surface area contributed by atoms with E-state index in [1.54, 1.807) is 0 Å². The van der Waals surface area contributed by atoms with E-state index >= 15 is 0 Å². The number of amides is 2. The third-order valence-corrected chi connectivity index (χ3v) is 13.9. The zero-order chi connectivity index (χ0) is 42.0. The molecule has 0 spiro atoms. The zero-order valence-corrected chi connectivity index (χ0v) is 40.3. The molecule has 334 valence electrons. The quantitative estimate of drug-likeness (QED) is 0.0480. The van der Waals surface area contributed by atoms with Gasteiger partial charge in [-0.05, 0) is 55.0 Å². The monoisotopic (exact) mass is 835 g/mol. The van der Waals surface area contributed by atoms with Gasteiger partial charge in [0.1, 0.15) is 0 Å². The molecule has 1 aliphatic rings. The highest BCUT2D eigenvalue weighted by atomic mass is 32.1. The number of rotatable bonds is 37. The van der Waals surface area contributed by atoms with E-state index in [1.807, 2.05) is 23.9 Å². The van der Waals surface area contributed by atoms with Gasteiger partial charge in [0.25, 0.3) is 0 Å². The summed E-state index contributed by atoms with van der Waals surface area (Å²) in [7, 11) is 3.95. The van der Waals surface area contributed by atoms with Crippen molar-refractivity contribution in [2.75, 3.05) is 27.2 Å². The van der Waals surface area contributed by atoms with Crippen molar-refractivity contribution in [3.8, 4) is 0 Å². The second-order valence-electron chi connectivity index (χ2n) is 18.6. The van der Waals surface area contributed by atoms with Gasteiger partial charge < -0.3 is 20.4 Å². The van der Waals surface area contributed by atoms with Crippen molar-refractivity contribution in [3.63, 3.8) is 0 Å². The first-order valence-electron chi connectivity index (χ1n) is 24.6. The normalized spacial score (nSPS) is 15.9. The van der Waals surface area contributed by atoms with Crippen molar-refractivity contribution in [1.29, 1.82) is 0 Å². The maximum Gasteiger partial charge on any atom is 0.229 e. The number of thiocarbonyl (C=S) groups is 2. The van der Waals surface area contributed by atoms with Crippen LogP contribution in [0.2, 0.25) is 0 Å². The van der Waals surface area contributed by atoms with Crippen LogP contribution in [0.5, 0.6) is 0 Å². The minimum atomic E-state index is -0.273. The van der Waals surface area contributed by atoms with Gasteiger partial charge in [-0.3, -0.25) is 9.59 Å². The fourth-order valence-electron chi connectivity index (χ4n) is 8.58. The predicted octanol–water partition coefficient (Wildman–Crippen LogP) is 14.2. The first kappa shape index (κ1) is 53.7. The molecule has 0 bridgehead atoms. The molecule has 0 aliphatic heterocycles. The van der Waals surface area contributed by atoms with Gasteiger partial charge >= 0.3 is 0 Å². The number of carbonyl (C=O) groups excluding carboxylic acids is 2. The van der Waals surface area contributed by atoms with Crippen LogP contribution in [0.3, 0.4) is 0 Å². The standard InChI is InChI=1S/C49H94N4O2S2/c1-7-9-11-13-15-17-19-21-23-25-27-29-31-33-35-37-39-52(5)47(56)50-45(54)42-43-41-44(49(43,3)4)46(55)51-48(57)53(6)40-38-36-34-32-30-28-26-24-22-20-18-16-14-12-10-8-2/h43-44H,7-42H2,1-6H3,(H,50,54,56)(H,51,55,57)/t43-,44-/m1/s1. The van der Waals surface area contributed by atoms with Crippen molar-refractivity contribution >= 4 is 46.5 Å². The van der Waals surface area contributed by atoms with E-state index in [-0.39, 0.29) is 29.1 Å². The van der Waals surface area contributed by atoms with Crippen molar-refractivity contribution in [3.05, 3.63) is 0 Å². The van der Waals surface area contributed by atoms with Crippen molar-refractivity contribution in [2.45, 2.75) is 246 Å². The van der Waals surface area contributed by atoms with Crippen LogP contribution in [0.15, 0.2) is 0 Å². The minimum Gasteiger partial charge on any atom is -0.352 e. The van der Waals surface area contributed by atoms with E-state index in [9.17, 15) is 9.59 Å². The number of unbranched alkanes of at least 4 members (excludes halogenated alkanes) is 30. The predicted molar refractivity (Wildman–Crippen MR) is 256 cm³/mol. The largest absolute Gasteiger partial charge is 0.352 e. The Morgan fingerprint density at radius 1 is 0.491 bits per heavy atom. The van der Waals surface area contributed by atoms with E-state index in [0.717, 1.165) is 25.9 Å². The Labute approximate surface area is 365 Å². The number of hydrogen-bond donors (Lipinski definition) is 2. The number of carbonyl (C=O) groups is 2. The van der Waals surface area contributed by atoms with Gasteiger partial charge in [-0.15, -0.1) is 0 Å². The Morgan fingerprint density at radius 2 is 0.772 bits per heavy atom. The van der Waals surface area contributed by atoms with Gasteiger partial charge in [-0.1, -0.05) is 220 Å². The van der Waals surface area contributed by atoms with Crippen LogP contribution < -0.4 is 10.6 Å². The van der Waals surface area contributed by atoms with Crippen molar-refractivity contribution < 1.29 is 9.59 Å². The van der Waals surface area contributed by atoms with E-state index < -0.39 is 0 Å². The highest BCUT2D eigenvalue weighted by molar-refractivity contribution is 7.80. The number of nitrogens with one attached hydrogen (secondary N) is 2. The number of hydrogen-bond acceptors (Lipinski definition) is 4. The third kappa shape index (κ3) is 27.2. The van der Waals surface area contributed by atoms with Gasteiger partial charge in [-0.2, -0.15) is 0 Å². The molecule has 2 amide bonds. The smallest absolute Gasteiger partial charge is 0.229 e. The molecule has 0 aromatic carbocycles. The fraction of sp³-hybridized carbons (Fsp3) is 0.918. The Morgan fingerprint density at radius 3 is 1.07 bits per heavy atom. The first-order valence-corrected chi connectivity index (χ1v) is 25.5. The number of nitrogens with zero attached hydrogens (tertiary/aromatic N) is 2. The van der Waals surface area contributed by atoms with E-state index in [2.05, 4.69) is 38.3 Å². The molecule has 57 heavy (non-hydrogen) atoms. The lowest BCUT2D eigenvalue weighted by Crippen LogP contribution is -2.55. The summed E-state index contributed by atoms with van der Waals surface area (Å²) in [5.41, 5.74) is -0.273. The molecule has 0 radical (unpaired) electrons. The molecule has 2 N–H and O–H groups in total. The lowest BCUT2D eigenvalue weighted by atomic mass is 9.53. The lowest BCUT2D eigenvalue weighted by Gasteiger charge is -2.51. The Balaban J connectivity index is 2.07. The Kier molecular flexibility index (Phi) is 33.4. The molecule has 2 atom stereocenters. The van der Waals surface area contributed by atoms with Gasteiger partial charge in [0.2, 0.25) is 11.8 Å². The lowest BCUT2D eigenvalue weighted by molar-refractivity contribution is -0.143. The van der Waals surface area contributed by atoms with Gasteiger partial charge in [0.05, 0.1) is 0 Å². The molecule has 0 aromatic rings. The molecule has 0 heterocycles. The molecule has 6 nitrogen and oxygen atoms in total. The summed E-state index contributed by atoms with van der Waals surface area (Å²) in [6, 6.07) is 0. The van der Waals surface area contributed by atoms with Gasteiger partial charge in [-0.25, -0.2) is 0 Å². The van der Waals surface area contributed by atoms with E-state index in [1.165, 1.54) is 193 Å². The van der Waals surface area contributed by atoms with Gasteiger partial charge in [0.15, 0.2) is 10.2 Å². The maximum atomic E-state index is 13.2. The molecular weight excluding hydrogens is 741 g/mol. The first-order chi connectivity index (χ1) is 27.5. The van der Waals surface area contributed by atoms with E-state index in [4.69, 9.17) is 24.4 Å². The molecule has 0 unspecified atom stereocenters. The van der Waals surface area contributed by atoms with Gasteiger partial charge in [0, 0.05) is 39.5 Å². The second-order valence-corrected chi connectivity index (χ2v) is 19.4. The van der Waals surface area contributed by atoms with Crippen LogP contribution in [0.25, 0.3) is 0 Å². The molecule has 0 saturated heterocycles. The van der Waals surface area contributed by atoms with Crippen molar-refractivity contribution in [1.82, 2.24) is 20.4 Å². The van der Waals surface area contributed by atoms with Crippen LogP contribution in [0.4, 0.5) is 0 Å². The second kappa shape index (κ2) is 35.5. The fourth-order valence-corrected chi connectivity index (χ4v) is 8.98. The molecular formula is C49H94N4O2S2. The third-order valence-electron chi connectivity index (χ3n) is 13.1. The molecule has 1 fully saturated rings. The Hall–Kier alpha value is -1.28. The average molecular weight is 835 g/mol. The highest BCUT2D eigenvalue weighted by Gasteiger charge is 2.52. The summed E-state index contributed by atoms with van der Waals surface area (Å²) in [6.45, 7) is 10.5. The summed E-state index contributed by atoms with van der Waals surface area (Å²) in [6.07, 6.45) is 44.5. The summed E-state index contributed by atoms with van der Waals surface area (Å²) < 4.78 is 0. The minimum absolute atomic E-state index is 0.0189. The van der Waals surface area contributed by atoms with Crippen molar-refractivity contribution in [2.24, 2.45) is 17.3 Å². The van der Waals surface area contributed by atoms with Crippen LogP contribution in [-0.2, 0) is 9.59 Å². The molecule has 1 aliphatic carbocycles. The van der Waals surface area contributed by atoms with E-state index in [0.29, 0.717) is 23.1 Å². The maximum absolute atomic E-state index is 13.2. The molecule has 8 heteroatoms. The van der Waals surface area contributed by atoms with Crippen LogP contribution in [0.1, 0.15) is 246 Å². The summed E-state index contributed by atoms with van der Waals surface area (Å²) in [5.74, 6) is -0.0841. The molecule has 0 aromatic heterocycles. The van der Waals surface area contributed by atoms with Crippen LogP contribution in [0, 0.1) is 17.3 Å². The average Bonchev–Trinajstić information content (AvgIpc) is 3.18. The summed E-state index contributed by atoms with van der Waals surface area (Å²) in [4.78, 5) is 30.2. The van der Waals surface area contributed by atoms with Crippen LogP contribution in [-0.4, -0.2) is 59.0 Å². The summed E-state index contributed by atoms with van der Waals surface area (Å²) in [5, 5.41) is 6.98. The molecule has 1 rings (SSSR count). The summed E-state index contributed by atoms with van der Waals surface area (Å²) >= 11 is 11.2. The molecule has 1 saturated carbocycles. The highest BCUT2D eigenvalue weighted by Crippen LogP contribution is 2.53. The van der Waals surface area contributed by atoms with Crippen LogP contribution >= 0.6 is 24.4 Å². The SMILES string of the molecule is CCCCCCCCCCCCCCCCCCN(C)C(=S)NC(=O)C[C@H]1C[C@H](C(=O)NC(=S)N(C)CCCCCCCCCCCCCCCCCC)C1(C)C.